The fourth-order valence-electron chi connectivity index (χ4n) is 6.48. The van der Waals surface area contributed by atoms with E-state index in [4.69, 9.17) is 44.5 Å². The number of likely N-dealkylation sites (tertiary alicyclic amines) is 1. The van der Waals surface area contributed by atoms with Crippen LogP contribution in [-0.2, 0) is 25.7 Å². The minimum absolute atomic E-state index is 0.00265. The van der Waals surface area contributed by atoms with Crippen LogP contribution in [0.1, 0.15) is 57.2 Å². The van der Waals surface area contributed by atoms with E-state index in [1.807, 2.05) is 38.1 Å². The summed E-state index contributed by atoms with van der Waals surface area (Å²) in [7, 11) is -3.78. The van der Waals surface area contributed by atoms with Crippen molar-refractivity contribution in [1.29, 1.82) is 0 Å². The Labute approximate surface area is 290 Å². The van der Waals surface area contributed by atoms with Crippen molar-refractivity contribution in [3.63, 3.8) is 0 Å². The molecule has 2 heterocycles. The van der Waals surface area contributed by atoms with Crippen molar-refractivity contribution in [1.82, 2.24) is 15.1 Å². The third-order valence-corrected chi connectivity index (χ3v) is 11.2. The van der Waals surface area contributed by atoms with Crippen LogP contribution in [0.4, 0.5) is 4.79 Å². The molecule has 0 aromatic heterocycles. The molecule has 1 saturated heterocycles. The molecule has 0 aliphatic carbocycles. The van der Waals surface area contributed by atoms with Gasteiger partial charge in [0.05, 0.1) is 22.1 Å². The molecular formula is C34H37Cl3N4O5S. The Morgan fingerprint density at radius 3 is 2.02 bits per heavy atom. The topological polar surface area (TPSA) is 108 Å². The Morgan fingerprint density at radius 2 is 1.51 bits per heavy atom. The van der Waals surface area contributed by atoms with Crippen molar-refractivity contribution >= 4 is 62.4 Å². The highest BCUT2D eigenvalue weighted by Gasteiger charge is 2.60. The monoisotopic (exact) mass is 718 g/mol. The van der Waals surface area contributed by atoms with Gasteiger partial charge in [-0.25, -0.2) is 13.2 Å². The molecule has 3 aromatic rings. The lowest BCUT2D eigenvalue weighted by molar-refractivity contribution is -0.119. The van der Waals surface area contributed by atoms with Crippen molar-refractivity contribution in [2.24, 2.45) is 4.99 Å². The summed E-state index contributed by atoms with van der Waals surface area (Å²) in [6.07, 6.45) is 2.22. The van der Waals surface area contributed by atoms with Crippen LogP contribution >= 0.6 is 34.8 Å². The van der Waals surface area contributed by atoms with E-state index in [0.717, 1.165) is 17.4 Å². The zero-order valence-electron chi connectivity index (χ0n) is 26.8. The lowest BCUT2D eigenvalue weighted by Crippen LogP contribution is -2.59. The van der Waals surface area contributed by atoms with E-state index in [-0.39, 0.29) is 46.1 Å². The fraction of sp³-hybridized carbons (Fsp3) is 0.382. The molecule has 2 aliphatic rings. The first kappa shape index (κ1) is 35.0. The van der Waals surface area contributed by atoms with Crippen molar-refractivity contribution < 1.29 is 22.7 Å². The third kappa shape index (κ3) is 6.57. The zero-order chi connectivity index (χ0) is 34.3. The van der Waals surface area contributed by atoms with Gasteiger partial charge in [0.25, 0.3) is 0 Å². The summed E-state index contributed by atoms with van der Waals surface area (Å²) in [6, 6.07) is 17.0. The number of carbonyl (C=O) groups is 2. The Bertz CT molecular complexity index is 1830. The number of nitrogens with zero attached hydrogens (tertiary/aromatic N) is 3. The van der Waals surface area contributed by atoms with Gasteiger partial charge in [-0.2, -0.15) is 0 Å². The van der Waals surface area contributed by atoms with Crippen LogP contribution in [0.25, 0.3) is 0 Å². The number of benzene rings is 3. The molecule has 9 nitrogen and oxygen atoms in total. The summed E-state index contributed by atoms with van der Waals surface area (Å²) >= 11 is 19.2. The minimum atomic E-state index is -3.78. The summed E-state index contributed by atoms with van der Waals surface area (Å²) in [6.45, 7) is 8.18. The second-order valence-corrected chi connectivity index (χ2v) is 15.4. The Morgan fingerprint density at radius 1 is 0.957 bits per heavy atom. The van der Waals surface area contributed by atoms with E-state index in [0.29, 0.717) is 41.5 Å². The van der Waals surface area contributed by atoms with E-state index in [1.165, 1.54) is 19.1 Å². The van der Waals surface area contributed by atoms with Gasteiger partial charge in [-0.05, 0) is 75.1 Å². The molecule has 0 unspecified atom stereocenters. The number of aliphatic imine (C=N–C) groups is 1. The second-order valence-electron chi connectivity index (χ2n) is 12.2. The maximum Gasteiger partial charge on any atom is 0.326 e. The molecule has 5 rings (SSSR count). The van der Waals surface area contributed by atoms with Crippen molar-refractivity contribution in [2.75, 3.05) is 26.0 Å². The number of rotatable bonds is 7. The second kappa shape index (κ2) is 13.3. The molecule has 47 heavy (non-hydrogen) atoms. The van der Waals surface area contributed by atoms with E-state index in [2.05, 4.69) is 5.32 Å². The van der Waals surface area contributed by atoms with Gasteiger partial charge in [-0.15, -0.1) is 0 Å². The normalized spacial score (nSPS) is 21.8. The molecule has 1 fully saturated rings. The molecule has 0 bridgehead atoms. The lowest BCUT2D eigenvalue weighted by Gasteiger charge is -2.47. The Balaban J connectivity index is 1.79. The largest absolute Gasteiger partial charge is 0.493 e. The van der Waals surface area contributed by atoms with E-state index in [9.17, 15) is 13.2 Å². The fourth-order valence-corrected chi connectivity index (χ4v) is 8.05. The van der Waals surface area contributed by atoms with Crippen LogP contribution in [0.2, 0.25) is 15.1 Å². The highest BCUT2D eigenvalue weighted by atomic mass is 35.5. The van der Waals surface area contributed by atoms with E-state index < -0.39 is 20.9 Å². The number of amides is 3. The van der Waals surface area contributed by atoms with Crippen molar-refractivity contribution in [3.8, 4) is 5.75 Å². The smallest absolute Gasteiger partial charge is 0.326 e. The van der Waals surface area contributed by atoms with Crippen LogP contribution in [0, 0.1) is 0 Å². The predicted molar refractivity (Wildman–Crippen MR) is 186 cm³/mol. The van der Waals surface area contributed by atoms with Gasteiger partial charge < -0.3 is 15.0 Å². The molecule has 2 atom stereocenters. The Kier molecular flexibility index (Phi) is 9.91. The van der Waals surface area contributed by atoms with Crippen LogP contribution in [0.5, 0.6) is 5.75 Å². The van der Waals surface area contributed by atoms with Crippen molar-refractivity contribution in [2.45, 2.75) is 62.6 Å². The van der Waals surface area contributed by atoms with Crippen LogP contribution in [0.3, 0.4) is 0 Å². The number of hydrogen-bond acceptors (Lipinski definition) is 6. The van der Waals surface area contributed by atoms with Crippen LogP contribution in [-0.4, -0.2) is 68.0 Å². The maximum absolute atomic E-state index is 15.0. The van der Waals surface area contributed by atoms with Crippen LogP contribution < -0.4 is 10.1 Å². The predicted octanol–water partition coefficient (Wildman–Crippen LogP) is 7.06. The quantitative estimate of drug-likeness (QED) is 0.281. The van der Waals surface area contributed by atoms with Gasteiger partial charge in [0.15, 0.2) is 9.84 Å². The summed E-state index contributed by atoms with van der Waals surface area (Å²) in [4.78, 5) is 35.4. The van der Waals surface area contributed by atoms with E-state index in [1.54, 1.807) is 41.0 Å². The highest BCUT2D eigenvalue weighted by molar-refractivity contribution is 7.90. The number of nitrogens with one attached hydrogen (secondary N) is 1. The number of urea groups is 1. The molecule has 1 N–H and O–H groups in total. The SMILES string of the molecule is CCOc1cc(Cl)c(S(C)(=O)=O)cc1C1=N[C@@](C)(c2ccc(Cl)cc2)[C@@](C)(c2ccc(Cl)cc2)N1C(=O)N1CCC(NC(C)=O)CC1. The zero-order valence-corrected chi connectivity index (χ0v) is 29.9. The average molecular weight is 720 g/mol. The van der Waals surface area contributed by atoms with Gasteiger partial charge in [0.1, 0.15) is 22.7 Å². The molecule has 3 aromatic carbocycles. The summed E-state index contributed by atoms with van der Waals surface area (Å²) in [5.41, 5.74) is -0.488. The molecule has 2 aliphatic heterocycles. The van der Waals surface area contributed by atoms with Gasteiger partial charge in [0, 0.05) is 48.4 Å². The van der Waals surface area contributed by atoms with Gasteiger partial charge in [-0.3, -0.25) is 14.7 Å². The molecule has 250 valence electrons. The standard InChI is InChI=1S/C34H37Cl3N4O5S/c1-6-46-29-20-28(37)30(47(5,44)45)19-27(29)31-39-33(3,22-7-11-24(35)12-8-22)34(4,23-9-13-25(36)14-10-23)41(31)32(43)40-17-15-26(16-18-40)38-21(2)42/h7-14,19-20,26H,6,15-18H2,1-5H3,(H,38,42)/t33-,34+/m0/s1. The van der Waals surface area contributed by atoms with Gasteiger partial charge in [0.2, 0.25) is 5.91 Å². The number of halogens is 3. The molecule has 13 heteroatoms. The molecular weight excluding hydrogens is 683 g/mol. The number of amidine groups is 1. The number of hydrogen-bond donors (Lipinski definition) is 1. The molecule has 0 radical (unpaired) electrons. The molecule has 0 saturated carbocycles. The first-order valence-corrected chi connectivity index (χ1v) is 18.3. The average Bonchev–Trinajstić information content (AvgIpc) is 3.25. The van der Waals surface area contributed by atoms with Crippen LogP contribution in [0.15, 0.2) is 70.6 Å². The summed E-state index contributed by atoms with van der Waals surface area (Å²) in [5, 5.41) is 4.02. The number of sulfone groups is 1. The third-order valence-electron chi connectivity index (χ3n) is 9.09. The highest BCUT2D eigenvalue weighted by Crippen LogP contribution is 2.54. The minimum Gasteiger partial charge on any atom is -0.493 e. The number of carbonyl (C=O) groups excluding carboxylic acids is 2. The first-order chi connectivity index (χ1) is 22.1. The lowest BCUT2D eigenvalue weighted by atomic mass is 9.71. The first-order valence-electron chi connectivity index (χ1n) is 15.2. The number of ether oxygens (including phenoxy) is 1. The van der Waals surface area contributed by atoms with Gasteiger partial charge in [-0.1, -0.05) is 59.1 Å². The summed E-state index contributed by atoms with van der Waals surface area (Å²) < 4.78 is 31.8. The molecule has 0 spiro atoms. The molecule has 3 amide bonds. The Hall–Kier alpha value is -3.31. The van der Waals surface area contributed by atoms with Gasteiger partial charge >= 0.3 is 6.03 Å². The van der Waals surface area contributed by atoms with Crippen molar-refractivity contribution in [3.05, 3.63) is 92.4 Å². The summed E-state index contributed by atoms with van der Waals surface area (Å²) in [5.74, 6) is 0.384. The number of piperidine rings is 1. The maximum atomic E-state index is 15.0. The van der Waals surface area contributed by atoms with E-state index >= 15 is 4.79 Å².